The van der Waals surface area contributed by atoms with Crippen LogP contribution in [0, 0.1) is 11.8 Å². The van der Waals surface area contributed by atoms with Crippen LogP contribution < -0.4 is 5.32 Å². The fourth-order valence-electron chi connectivity index (χ4n) is 3.97. The Morgan fingerprint density at radius 2 is 1.93 bits per heavy atom. The van der Waals surface area contributed by atoms with E-state index in [4.69, 9.17) is 0 Å². The van der Waals surface area contributed by atoms with Gasteiger partial charge in [0.15, 0.2) is 5.82 Å². The van der Waals surface area contributed by atoms with E-state index in [1.54, 1.807) is 10.7 Å². The fourth-order valence-corrected chi connectivity index (χ4v) is 3.97. The van der Waals surface area contributed by atoms with E-state index in [2.05, 4.69) is 20.3 Å². The summed E-state index contributed by atoms with van der Waals surface area (Å²) < 4.78 is 1.77. The van der Waals surface area contributed by atoms with Crippen LogP contribution in [0.4, 0.5) is 5.82 Å². The van der Waals surface area contributed by atoms with Gasteiger partial charge in [0.05, 0.1) is 11.6 Å². The summed E-state index contributed by atoms with van der Waals surface area (Å²) in [4.78, 5) is 33.7. The van der Waals surface area contributed by atoms with Crippen LogP contribution in [0.2, 0.25) is 0 Å². The van der Waals surface area contributed by atoms with Gasteiger partial charge >= 0.3 is 0 Å². The van der Waals surface area contributed by atoms with Crippen molar-refractivity contribution in [1.29, 1.82) is 0 Å². The summed E-state index contributed by atoms with van der Waals surface area (Å²) in [7, 11) is 0. The second-order valence-corrected chi connectivity index (χ2v) is 7.86. The van der Waals surface area contributed by atoms with Crippen molar-refractivity contribution in [2.75, 3.05) is 31.5 Å². The van der Waals surface area contributed by atoms with E-state index in [0.29, 0.717) is 18.9 Å². The summed E-state index contributed by atoms with van der Waals surface area (Å²) in [6.45, 7) is 6.43. The number of aromatic nitrogens is 3. The quantitative estimate of drug-likeness (QED) is 0.802. The van der Waals surface area contributed by atoms with Gasteiger partial charge in [-0.25, -0.2) is 0 Å². The van der Waals surface area contributed by atoms with Gasteiger partial charge in [-0.1, -0.05) is 6.07 Å². The molecule has 8 heteroatoms. The first-order chi connectivity index (χ1) is 14.1. The SMILES string of the molecule is CCn1ccc(NC(=O)C2CN(C(=O)C3CCN(Cc4ccccn4)CC3)C2)n1. The first-order valence-electron chi connectivity index (χ1n) is 10.4. The van der Waals surface area contributed by atoms with Gasteiger partial charge in [0.1, 0.15) is 0 Å². The molecule has 0 unspecified atom stereocenters. The van der Waals surface area contributed by atoms with Crippen molar-refractivity contribution >= 4 is 17.6 Å². The van der Waals surface area contributed by atoms with Gasteiger partial charge in [-0.3, -0.25) is 24.2 Å². The predicted molar refractivity (Wildman–Crippen MR) is 109 cm³/mol. The summed E-state index contributed by atoms with van der Waals surface area (Å²) in [6, 6.07) is 7.76. The number of aryl methyl sites for hydroxylation is 1. The number of rotatable bonds is 6. The number of hydrogen-bond acceptors (Lipinski definition) is 5. The molecule has 2 aliphatic rings. The Morgan fingerprint density at radius 3 is 2.59 bits per heavy atom. The first kappa shape index (κ1) is 19.6. The number of hydrogen-bond donors (Lipinski definition) is 1. The lowest BCUT2D eigenvalue weighted by Crippen LogP contribution is -2.56. The predicted octanol–water partition coefficient (Wildman–Crippen LogP) is 1.61. The van der Waals surface area contributed by atoms with E-state index in [9.17, 15) is 9.59 Å². The lowest BCUT2D eigenvalue weighted by atomic mass is 9.91. The maximum Gasteiger partial charge on any atom is 0.232 e. The maximum absolute atomic E-state index is 12.8. The van der Waals surface area contributed by atoms with Gasteiger partial charge in [-0.15, -0.1) is 0 Å². The molecule has 2 fully saturated rings. The molecule has 2 amide bonds. The number of anilines is 1. The van der Waals surface area contributed by atoms with Crippen LogP contribution in [0.5, 0.6) is 0 Å². The lowest BCUT2D eigenvalue weighted by Gasteiger charge is -2.41. The van der Waals surface area contributed by atoms with E-state index in [1.807, 2.05) is 42.4 Å². The molecule has 0 radical (unpaired) electrons. The number of carbonyl (C=O) groups is 2. The molecule has 8 nitrogen and oxygen atoms in total. The number of likely N-dealkylation sites (tertiary alicyclic amines) is 2. The molecule has 2 aromatic rings. The number of carbonyl (C=O) groups excluding carboxylic acids is 2. The Labute approximate surface area is 170 Å². The molecule has 0 aliphatic carbocycles. The molecule has 4 rings (SSSR count). The highest BCUT2D eigenvalue weighted by Gasteiger charge is 2.39. The van der Waals surface area contributed by atoms with Gasteiger partial charge in [-0.05, 0) is 45.0 Å². The van der Waals surface area contributed by atoms with Crippen LogP contribution in [-0.2, 0) is 22.7 Å². The minimum absolute atomic E-state index is 0.0550. The topological polar surface area (TPSA) is 83.4 Å². The van der Waals surface area contributed by atoms with Crippen LogP contribution in [0.1, 0.15) is 25.5 Å². The summed E-state index contributed by atoms with van der Waals surface area (Å²) in [5, 5.41) is 7.11. The van der Waals surface area contributed by atoms with Crippen molar-refractivity contribution in [1.82, 2.24) is 24.6 Å². The molecule has 29 heavy (non-hydrogen) atoms. The van der Waals surface area contributed by atoms with Crippen molar-refractivity contribution < 1.29 is 9.59 Å². The van der Waals surface area contributed by atoms with Crippen molar-refractivity contribution in [2.45, 2.75) is 32.9 Å². The lowest BCUT2D eigenvalue weighted by molar-refractivity contribution is -0.146. The van der Waals surface area contributed by atoms with E-state index in [-0.39, 0.29) is 23.7 Å². The second-order valence-electron chi connectivity index (χ2n) is 7.86. The number of nitrogens with one attached hydrogen (secondary N) is 1. The van der Waals surface area contributed by atoms with E-state index >= 15 is 0 Å². The largest absolute Gasteiger partial charge is 0.341 e. The molecule has 0 saturated carbocycles. The highest BCUT2D eigenvalue weighted by Crippen LogP contribution is 2.25. The summed E-state index contributed by atoms with van der Waals surface area (Å²) >= 11 is 0. The molecule has 2 saturated heterocycles. The zero-order valence-corrected chi connectivity index (χ0v) is 16.8. The molecular weight excluding hydrogens is 368 g/mol. The Balaban J connectivity index is 1.19. The third kappa shape index (κ3) is 4.64. The fraction of sp³-hybridized carbons (Fsp3) is 0.524. The Morgan fingerprint density at radius 1 is 1.14 bits per heavy atom. The van der Waals surface area contributed by atoms with Crippen molar-refractivity contribution in [3.8, 4) is 0 Å². The number of nitrogens with zero attached hydrogens (tertiary/aromatic N) is 5. The van der Waals surface area contributed by atoms with Gasteiger partial charge in [0, 0.05) is 50.6 Å². The van der Waals surface area contributed by atoms with E-state index in [0.717, 1.165) is 44.7 Å². The summed E-state index contributed by atoms with van der Waals surface area (Å²) in [6.07, 6.45) is 5.39. The average Bonchev–Trinajstić information content (AvgIpc) is 3.15. The van der Waals surface area contributed by atoms with Gasteiger partial charge in [0.2, 0.25) is 11.8 Å². The number of piperidine rings is 1. The van der Waals surface area contributed by atoms with Crippen LogP contribution in [-0.4, -0.2) is 62.6 Å². The van der Waals surface area contributed by atoms with Gasteiger partial charge in [0.25, 0.3) is 0 Å². The molecule has 0 spiro atoms. The zero-order chi connectivity index (χ0) is 20.2. The van der Waals surface area contributed by atoms with Gasteiger partial charge < -0.3 is 10.2 Å². The van der Waals surface area contributed by atoms with Crippen LogP contribution in [0.3, 0.4) is 0 Å². The molecule has 0 aromatic carbocycles. The Kier molecular flexibility index (Phi) is 5.89. The zero-order valence-electron chi connectivity index (χ0n) is 16.8. The Hall–Kier alpha value is -2.74. The minimum atomic E-state index is -0.144. The monoisotopic (exact) mass is 396 g/mol. The summed E-state index contributed by atoms with van der Waals surface area (Å²) in [5.74, 6) is 0.638. The van der Waals surface area contributed by atoms with Crippen molar-refractivity contribution in [3.05, 3.63) is 42.4 Å². The van der Waals surface area contributed by atoms with Gasteiger partial charge in [-0.2, -0.15) is 5.10 Å². The molecule has 0 bridgehead atoms. The molecule has 0 atom stereocenters. The molecule has 154 valence electrons. The average molecular weight is 396 g/mol. The second kappa shape index (κ2) is 8.73. The number of pyridine rings is 1. The highest BCUT2D eigenvalue weighted by atomic mass is 16.2. The van der Waals surface area contributed by atoms with Crippen LogP contribution in [0.25, 0.3) is 0 Å². The van der Waals surface area contributed by atoms with Crippen molar-refractivity contribution in [3.63, 3.8) is 0 Å². The molecule has 4 heterocycles. The van der Waals surface area contributed by atoms with E-state index < -0.39 is 0 Å². The molecule has 1 N–H and O–H groups in total. The smallest absolute Gasteiger partial charge is 0.232 e. The summed E-state index contributed by atoms with van der Waals surface area (Å²) in [5.41, 5.74) is 1.07. The van der Waals surface area contributed by atoms with E-state index in [1.165, 1.54) is 0 Å². The molecular formula is C21H28N6O2. The normalized spacial score (nSPS) is 18.4. The standard InChI is InChI=1S/C21H28N6O2/c1-2-27-12-8-19(24-27)23-20(28)17-13-26(14-17)21(29)16-6-10-25(11-7-16)15-18-5-3-4-9-22-18/h3-5,8-9,12,16-17H,2,6-7,10-11,13-15H2,1H3,(H,23,24,28). The third-order valence-corrected chi connectivity index (χ3v) is 5.83. The third-order valence-electron chi connectivity index (χ3n) is 5.83. The first-order valence-corrected chi connectivity index (χ1v) is 10.4. The number of amides is 2. The maximum atomic E-state index is 12.8. The molecule has 2 aromatic heterocycles. The van der Waals surface area contributed by atoms with Crippen LogP contribution in [0.15, 0.2) is 36.7 Å². The van der Waals surface area contributed by atoms with Crippen LogP contribution >= 0.6 is 0 Å². The van der Waals surface area contributed by atoms with Crippen molar-refractivity contribution in [2.24, 2.45) is 11.8 Å². The Bertz CT molecular complexity index is 838. The minimum Gasteiger partial charge on any atom is -0.341 e. The highest BCUT2D eigenvalue weighted by molar-refractivity contribution is 5.94. The molecule has 2 aliphatic heterocycles.